The van der Waals surface area contributed by atoms with Gasteiger partial charge < -0.3 is 0 Å². The molecule has 11 heteroatoms. The van der Waals surface area contributed by atoms with E-state index in [0.717, 1.165) is 30.7 Å². The van der Waals surface area contributed by atoms with Crippen molar-refractivity contribution < 1.29 is 21.6 Å². The number of aromatic nitrogens is 3. The average Bonchev–Trinajstić information content (AvgIpc) is 3.59. The van der Waals surface area contributed by atoms with Crippen molar-refractivity contribution in [3.63, 3.8) is 0 Å². The van der Waals surface area contributed by atoms with Crippen molar-refractivity contribution in [3.8, 4) is 17.1 Å². The fourth-order valence-electron chi connectivity index (χ4n) is 4.22. The minimum atomic E-state index is -4.42. The quantitative estimate of drug-likeness (QED) is 0.266. The van der Waals surface area contributed by atoms with Gasteiger partial charge in [0.15, 0.2) is 11.0 Å². The number of hydrogen-bond acceptors (Lipinski definition) is 5. The van der Waals surface area contributed by atoms with E-state index in [1.54, 1.807) is 34.9 Å². The van der Waals surface area contributed by atoms with Crippen LogP contribution in [0.2, 0.25) is 0 Å². The van der Waals surface area contributed by atoms with Gasteiger partial charge in [0.2, 0.25) is 10.0 Å². The first kappa shape index (κ1) is 25.5. The summed E-state index contributed by atoms with van der Waals surface area (Å²) in [5.41, 5.74) is 1.12. The van der Waals surface area contributed by atoms with Crippen LogP contribution in [0, 0.1) is 0 Å². The average molecular weight is 545 g/mol. The molecule has 37 heavy (non-hydrogen) atoms. The number of rotatable bonds is 7. The van der Waals surface area contributed by atoms with Gasteiger partial charge in [0.25, 0.3) is 0 Å². The summed E-state index contributed by atoms with van der Waals surface area (Å²) in [5, 5.41) is 9.15. The summed E-state index contributed by atoms with van der Waals surface area (Å²) in [5.74, 6) is 0.689. The lowest BCUT2D eigenvalue weighted by Crippen LogP contribution is -2.27. The Hall–Kier alpha value is -3.15. The normalized spacial score (nSPS) is 14.8. The van der Waals surface area contributed by atoms with Crippen LogP contribution in [0.5, 0.6) is 0 Å². The van der Waals surface area contributed by atoms with E-state index < -0.39 is 21.8 Å². The van der Waals surface area contributed by atoms with E-state index in [0.29, 0.717) is 35.2 Å². The van der Waals surface area contributed by atoms with Gasteiger partial charge in [0, 0.05) is 30.1 Å². The van der Waals surface area contributed by atoms with Gasteiger partial charge in [-0.15, -0.1) is 10.2 Å². The third-order valence-corrected chi connectivity index (χ3v) is 8.96. The Kier molecular flexibility index (Phi) is 7.11. The van der Waals surface area contributed by atoms with E-state index in [2.05, 4.69) is 10.2 Å². The molecule has 1 saturated heterocycles. The van der Waals surface area contributed by atoms with Crippen molar-refractivity contribution in [1.82, 2.24) is 19.1 Å². The number of alkyl halides is 3. The van der Waals surface area contributed by atoms with E-state index in [4.69, 9.17) is 0 Å². The number of nitrogens with zero attached hydrogens (tertiary/aromatic N) is 4. The third-order valence-electron chi connectivity index (χ3n) is 6.07. The number of sulfonamides is 1. The highest BCUT2D eigenvalue weighted by Crippen LogP contribution is 2.33. The number of para-hydroxylation sites is 1. The van der Waals surface area contributed by atoms with Crippen molar-refractivity contribution in [3.05, 3.63) is 90.0 Å². The van der Waals surface area contributed by atoms with E-state index in [1.807, 2.05) is 30.3 Å². The summed E-state index contributed by atoms with van der Waals surface area (Å²) in [6.45, 7) is 1.01. The van der Waals surface area contributed by atoms with Gasteiger partial charge in [0.05, 0.1) is 10.5 Å². The maximum absolute atomic E-state index is 13.1. The Bertz CT molecular complexity index is 1500. The molecule has 5 rings (SSSR count). The molecule has 192 valence electrons. The summed E-state index contributed by atoms with van der Waals surface area (Å²) in [7, 11) is -3.62. The van der Waals surface area contributed by atoms with Crippen molar-refractivity contribution >= 4 is 21.8 Å². The molecular weight excluding hydrogens is 521 g/mol. The molecule has 1 fully saturated rings. The molecule has 6 nitrogen and oxygen atoms in total. The van der Waals surface area contributed by atoms with Gasteiger partial charge in [-0.2, -0.15) is 17.5 Å². The fourth-order valence-corrected chi connectivity index (χ4v) is 6.68. The number of hydrogen-bond donors (Lipinski definition) is 0. The highest BCUT2D eigenvalue weighted by molar-refractivity contribution is 7.98. The summed E-state index contributed by atoms with van der Waals surface area (Å²) >= 11 is 1.26. The van der Waals surface area contributed by atoms with E-state index in [1.165, 1.54) is 22.1 Å². The number of benzene rings is 3. The van der Waals surface area contributed by atoms with Crippen LogP contribution >= 0.6 is 11.8 Å². The van der Waals surface area contributed by atoms with Gasteiger partial charge in [0.1, 0.15) is 0 Å². The van der Waals surface area contributed by atoms with Gasteiger partial charge in [-0.3, -0.25) is 4.57 Å². The zero-order chi connectivity index (χ0) is 26.0. The Balaban J connectivity index is 1.50. The summed E-state index contributed by atoms with van der Waals surface area (Å²) < 4.78 is 69.0. The Morgan fingerprint density at radius 3 is 2.32 bits per heavy atom. The molecule has 3 aromatic carbocycles. The summed E-state index contributed by atoms with van der Waals surface area (Å²) in [4.78, 5) is 0.188. The molecule has 0 radical (unpaired) electrons. The Morgan fingerprint density at radius 1 is 0.865 bits per heavy atom. The van der Waals surface area contributed by atoms with Crippen LogP contribution in [0.25, 0.3) is 17.1 Å². The molecule has 0 atom stereocenters. The Labute approximate surface area is 217 Å². The van der Waals surface area contributed by atoms with Crippen LogP contribution in [-0.2, 0) is 22.0 Å². The second kappa shape index (κ2) is 10.3. The zero-order valence-electron chi connectivity index (χ0n) is 19.6. The second-order valence-corrected chi connectivity index (χ2v) is 11.5. The largest absolute Gasteiger partial charge is 0.416 e. The van der Waals surface area contributed by atoms with Crippen LogP contribution in [0.15, 0.2) is 88.9 Å². The highest BCUT2D eigenvalue weighted by Gasteiger charge is 2.30. The SMILES string of the molecule is O=S(=O)(c1cccc(-c2nnc(SCc3cccc(C(F)(F)F)c3)n2-c2ccccc2)c1)N1CCCC1. The van der Waals surface area contributed by atoms with Gasteiger partial charge >= 0.3 is 6.18 Å². The second-order valence-electron chi connectivity index (χ2n) is 8.60. The van der Waals surface area contributed by atoms with Crippen LogP contribution in [0.1, 0.15) is 24.0 Å². The lowest BCUT2D eigenvalue weighted by molar-refractivity contribution is -0.137. The van der Waals surface area contributed by atoms with Crippen LogP contribution in [-0.4, -0.2) is 40.6 Å². The van der Waals surface area contributed by atoms with Crippen molar-refractivity contribution in [1.29, 1.82) is 0 Å². The van der Waals surface area contributed by atoms with Crippen molar-refractivity contribution in [2.45, 2.75) is 34.8 Å². The van der Waals surface area contributed by atoms with Crippen LogP contribution in [0.4, 0.5) is 13.2 Å². The maximum Gasteiger partial charge on any atom is 0.416 e. The smallest absolute Gasteiger partial charge is 0.270 e. The lowest BCUT2D eigenvalue weighted by atomic mass is 10.1. The standard InChI is InChI=1S/C26H23F3N4O2S2/c27-26(28,29)21-10-6-8-19(16-21)18-36-25-31-30-24(33(25)22-11-2-1-3-12-22)20-9-7-13-23(17-20)37(34,35)32-14-4-5-15-32/h1-3,6-13,16-17H,4-5,14-15,18H2. The lowest BCUT2D eigenvalue weighted by Gasteiger charge is -2.16. The van der Waals surface area contributed by atoms with E-state index in [-0.39, 0.29) is 10.6 Å². The van der Waals surface area contributed by atoms with Gasteiger partial charge in [-0.1, -0.05) is 60.3 Å². The molecule has 0 amide bonds. The van der Waals surface area contributed by atoms with Crippen LogP contribution < -0.4 is 0 Å². The first-order valence-electron chi connectivity index (χ1n) is 11.6. The molecule has 2 heterocycles. The van der Waals surface area contributed by atoms with E-state index >= 15 is 0 Å². The van der Waals surface area contributed by atoms with Crippen molar-refractivity contribution in [2.24, 2.45) is 0 Å². The molecule has 1 aliphatic rings. The highest BCUT2D eigenvalue weighted by atomic mass is 32.2. The summed E-state index contributed by atoms with van der Waals surface area (Å²) in [6, 6.07) is 21.1. The van der Waals surface area contributed by atoms with Crippen molar-refractivity contribution in [2.75, 3.05) is 13.1 Å². The first-order chi connectivity index (χ1) is 17.7. The summed E-state index contributed by atoms with van der Waals surface area (Å²) in [6.07, 6.45) is -2.74. The molecule has 1 aromatic heterocycles. The number of halogens is 3. The Morgan fingerprint density at radius 2 is 1.59 bits per heavy atom. The topological polar surface area (TPSA) is 68.1 Å². The minimum Gasteiger partial charge on any atom is -0.270 e. The molecule has 0 N–H and O–H groups in total. The monoisotopic (exact) mass is 544 g/mol. The van der Waals surface area contributed by atoms with Gasteiger partial charge in [-0.05, 0) is 48.7 Å². The molecule has 0 aliphatic carbocycles. The predicted molar refractivity (Wildman–Crippen MR) is 136 cm³/mol. The zero-order valence-corrected chi connectivity index (χ0v) is 21.2. The predicted octanol–water partition coefficient (Wildman–Crippen LogP) is 6.03. The van der Waals surface area contributed by atoms with Gasteiger partial charge in [-0.25, -0.2) is 8.42 Å². The van der Waals surface area contributed by atoms with Crippen LogP contribution in [0.3, 0.4) is 0 Å². The molecule has 0 unspecified atom stereocenters. The number of thioether (sulfide) groups is 1. The molecule has 4 aromatic rings. The van der Waals surface area contributed by atoms with E-state index in [9.17, 15) is 21.6 Å². The molecule has 1 aliphatic heterocycles. The molecule has 0 spiro atoms. The molecule has 0 bridgehead atoms. The molecular formula is C26H23F3N4O2S2. The third kappa shape index (κ3) is 5.43. The first-order valence-corrected chi connectivity index (χ1v) is 14.1. The maximum atomic E-state index is 13.1. The minimum absolute atomic E-state index is 0.188. The molecule has 0 saturated carbocycles. The fraction of sp³-hybridized carbons (Fsp3) is 0.231.